The van der Waals surface area contributed by atoms with Crippen LogP contribution in [-0.2, 0) is 14.8 Å². The van der Waals surface area contributed by atoms with Crippen molar-refractivity contribution in [2.45, 2.75) is 37.6 Å². The summed E-state index contributed by atoms with van der Waals surface area (Å²) in [6, 6.07) is 13.5. The quantitative estimate of drug-likeness (QED) is 0.509. The maximum atomic E-state index is 12.8. The van der Waals surface area contributed by atoms with Gasteiger partial charge in [0.05, 0.1) is 4.90 Å². The molecular weight excluding hydrogens is 430 g/mol. The summed E-state index contributed by atoms with van der Waals surface area (Å²) in [4.78, 5) is 29.3. The zero-order chi connectivity index (χ0) is 23.1. The second-order valence-electron chi connectivity index (χ2n) is 7.74. The summed E-state index contributed by atoms with van der Waals surface area (Å²) in [6.45, 7) is 4.22. The molecule has 3 rings (SSSR count). The molecule has 170 valence electrons. The number of anilines is 2. The Morgan fingerprint density at radius 3 is 2.34 bits per heavy atom. The SMILES string of the molecule is CC(C)C(NC(=O)Nc1ccccc1)C(=O)Nc1cccc(S(=O)(=O)NC2=NCCC2)c1. The van der Waals surface area contributed by atoms with E-state index in [-0.39, 0.29) is 10.8 Å². The molecule has 0 bridgehead atoms. The van der Waals surface area contributed by atoms with Crippen LogP contribution in [0.2, 0.25) is 0 Å². The first-order chi connectivity index (χ1) is 15.2. The summed E-state index contributed by atoms with van der Waals surface area (Å²) in [5, 5.41) is 8.04. The van der Waals surface area contributed by atoms with Crippen LogP contribution < -0.4 is 20.7 Å². The maximum absolute atomic E-state index is 12.8. The lowest BCUT2D eigenvalue weighted by atomic mass is 10.0. The Balaban J connectivity index is 1.67. The molecule has 1 heterocycles. The van der Waals surface area contributed by atoms with Crippen LogP contribution in [0, 0.1) is 5.92 Å². The van der Waals surface area contributed by atoms with Crippen molar-refractivity contribution in [3.8, 4) is 0 Å². The lowest BCUT2D eigenvalue weighted by Gasteiger charge is -2.22. The predicted molar refractivity (Wildman–Crippen MR) is 124 cm³/mol. The van der Waals surface area contributed by atoms with Gasteiger partial charge in [0, 0.05) is 24.3 Å². The fourth-order valence-corrected chi connectivity index (χ4v) is 4.30. The van der Waals surface area contributed by atoms with Crippen molar-refractivity contribution in [3.63, 3.8) is 0 Å². The van der Waals surface area contributed by atoms with Crippen molar-refractivity contribution in [2.24, 2.45) is 10.9 Å². The van der Waals surface area contributed by atoms with Crippen LogP contribution >= 0.6 is 0 Å². The van der Waals surface area contributed by atoms with E-state index >= 15 is 0 Å². The Labute approximate surface area is 187 Å². The van der Waals surface area contributed by atoms with Crippen LogP contribution in [0.4, 0.5) is 16.2 Å². The molecule has 0 aromatic heterocycles. The fourth-order valence-electron chi connectivity index (χ4n) is 3.16. The smallest absolute Gasteiger partial charge is 0.319 e. The molecule has 3 amide bonds. The van der Waals surface area contributed by atoms with Crippen LogP contribution in [0.5, 0.6) is 0 Å². The molecule has 0 spiro atoms. The largest absolute Gasteiger partial charge is 0.326 e. The Morgan fingerprint density at radius 2 is 1.69 bits per heavy atom. The number of carbonyl (C=O) groups excluding carboxylic acids is 2. The molecule has 1 unspecified atom stereocenters. The van der Waals surface area contributed by atoms with E-state index in [1.54, 1.807) is 50.2 Å². The molecule has 0 saturated carbocycles. The summed E-state index contributed by atoms with van der Waals surface area (Å²) in [6.07, 6.45) is 1.40. The third-order valence-electron chi connectivity index (χ3n) is 4.81. The lowest BCUT2D eigenvalue weighted by Crippen LogP contribution is -2.48. The van der Waals surface area contributed by atoms with Crippen LogP contribution in [0.3, 0.4) is 0 Å². The first-order valence-corrected chi connectivity index (χ1v) is 11.8. The molecule has 0 fully saturated rings. The van der Waals surface area contributed by atoms with Crippen molar-refractivity contribution >= 4 is 39.2 Å². The second-order valence-corrected chi connectivity index (χ2v) is 9.42. The van der Waals surface area contributed by atoms with Crippen LogP contribution in [0.1, 0.15) is 26.7 Å². The average Bonchev–Trinajstić information content (AvgIpc) is 3.25. The van der Waals surface area contributed by atoms with Gasteiger partial charge in [-0.2, -0.15) is 0 Å². The van der Waals surface area contributed by atoms with Gasteiger partial charge in [-0.05, 0) is 42.7 Å². The van der Waals surface area contributed by atoms with E-state index in [2.05, 4.69) is 25.7 Å². The number of nitrogens with one attached hydrogen (secondary N) is 4. The third kappa shape index (κ3) is 6.30. The fraction of sp³-hybridized carbons (Fsp3) is 0.318. The average molecular weight is 458 g/mol. The molecule has 0 aliphatic carbocycles. The molecule has 2 aromatic rings. The molecule has 9 nitrogen and oxygen atoms in total. The summed E-state index contributed by atoms with van der Waals surface area (Å²) in [5.74, 6) is -0.218. The molecule has 10 heteroatoms. The number of hydrogen-bond donors (Lipinski definition) is 4. The molecule has 32 heavy (non-hydrogen) atoms. The van der Waals surface area contributed by atoms with Gasteiger partial charge in [-0.1, -0.05) is 38.1 Å². The van der Waals surface area contributed by atoms with Crippen molar-refractivity contribution in [1.29, 1.82) is 0 Å². The van der Waals surface area contributed by atoms with Gasteiger partial charge in [-0.25, -0.2) is 13.2 Å². The Kier molecular flexibility index (Phi) is 7.47. The van der Waals surface area contributed by atoms with Gasteiger partial charge in [-0.15, -0.1) is 0 Å². The molecule has 2 aromatic carbocycles. The molecule has 4 N–H and O–H groups in total. The number of amides is 3. The van der Waals surface area contributed by atoms with E-state index < -0.39 is 28.0 Å². The number of nitrogens with zero attached hydrogens (tertiary/aromatic N) is 1. The number of carbonyl (C=O) groups is 2. The van der Waals surface area contributed by atoms with Gasteiger partial charge < -0.3 is 16.0 Å². The van der Waals surface area contributed by atoms with Gasteiger partial charge in [0.1, 0.15) is 11.9 Å². The van der Waals surface area contributed by atoms with Crippen LogP contribution in [0.15, 0.2) is 64.5 Å². The third-order valence-corrected chi connectivity index (χ3v) is 6.18. The zero-order valence-corrected chi connectivity index (χ0v) is 18.8. The van der Waals surface area contributed by atoms with Crippen molar-refractivity contribution in [1.82, 2.24) is 10.0 Å². The highest BCUT2D eigenvalue weighted by atomic mass is 32.2. The van der Waals surface area contributed by atoms with E-state index in [0.29, 0.717) is 30.2 Å². The Morgan fingerprint density at radius 1 is 0.969 bits per heavy atom. The van der Waals surface area contributed by atoms with E-state index in [1.165, 1.54) is 12.1 Å². The highest BCUT2D eigenvalue weighted by Gasteiger charge is 2.25. The summed E-state index contributed by atoms with van der Waals surface area (Å²) in [7, 11) is -3.80. The van der Waals surface area contributed by atoms with Crippen LogP contribution in [-0.4, -0.2) is 38.8 Å². The predicted octanol–water partition coefficient (Wildman–Crippen LogP) is 2.94. The number of amidine groups is 1. The zero-order valence-electron chi connectivity index (χ0n) is 18.0. The van der Waals surface area contributed by atoms with E-state index in [4.69, 9.17) is 0 Å². The second kappa shape index (κ2) is 10.3. The first-order valence-electron chi connectivity index (χ1n) is 10.3. The van der Waals surface area contributed by atoms with E-state index in [1.807, 2.05) is 6.07 Å². The topological polar surface area (TPSA) is 129 Å². The van der Waals surface area contributed by atoms with E-state index in [9.17, 15) is 18.0 Å². The number of rotatable bonds is 7. The van der Waals surface area contributed by atoms with Crippen LogP contribution in [0.25, 0.3) is 0 Å². The Bertz CT molecular complexity index is 1100. The van der Waals surface area contributed by atoms with Gasteiger partial charge in [0.15, 0.2) is 0 Å². The minimum absolute atomic E-state index is 0.0146. The molecule has 1 aliphatic heterocycles. The highest BCUT2D eigenvalue weighted by molar-refractivity contribution is 7.90. The minimum atomic E-state index is -3.80. The maximum Gasteiger partial charge on any atom is 0.319 e. The molecule has 0 saturated heterocycles. The first kappa shape index (κ1) is 23.3. The number of hydrogen-bond acceptors (Lipinski definition) is 5. The minimum Gasteiger partial charge on any atom is -0.326 e. The molecule has 0 radical (unpaired) electrons. The van der Waals surface area contributed by atoms with Gasteiger partial charge in [0.2, 0.25) is 5.91 Å². The normalized spacial score (nSPS) is 14.4. The lowest BCUT2D eigenvalue weighted by molar-refractivity contribution is -0.118. The van der Waals surface area contributed by atoms with Crippen molar-refractivity contribution in [3.05, 3.63) is 54.6 Å². The molecular formula is C22H27N5O4S. The number of urea groups is 1. The molecule has 1 atom stereocenters. The molecule has 1 aliphatic rings. The van der Waals surface area contributed by atoms with Crippen molar-refractivity contribution in [2.75, 3.05) is 17.2 Å². The number of sulfonamides is 1. The van der Waals surface area contributed by atoms with Gasteiger partial charge in [0.25, 0.3) is 10.0 Å². The number of benzene rings is 2. The Hall–Kier alpha value is -3.40. The van der Waals surface area contributed by atoms with Gasteiger partial charge in [-0.3, -0.25) is 14.5 Å². The monoisotopic (exact) mass is 457 g/mol. The van der Waals surface area contributed by atoms with E-state index in [0.717, 1.165) is 6.42 Å². The highest BCUT2D eigenvalue weighted by Crippen LogP contribution is 2.17. The summed E-state index contributed by atoms with van der Waals surface area (Å²) >= 11 is 0. The standard InChI is InChI=1S/C22H27N5O4S/c1-15(2)20(26-22(29)25-16-8-4-3-5-9-16)21(28)24-17-10-6-11-18(14-17)32(30,31)27-19-12-7-13-23-19/h3-6,8-11,14-15,20H,7,12-13H2,1-2H3,(H,23,27)(H,24,28)(H2,25,26,29). The van der Waals surface area contributed by atoms with Gasteiger partial charge >= 0.3 is 6.03 Å². The number of para-hydroxylation sites is 1. The number of aliphatic imine (C=N–C) groups is 1. The summed E-state index contributed by atoms with van der Waals surface area (Å²) < 4.78 is 27.7. The van der Waals surface area contributed by atoms with Crippen molar-refractivity contribution < 1.29 is 18.0 Å². The summed E-state index contributed by atoms with van der Waals surface area (Å²) in [5.41, 5.74) is 0.910.